The van der Waals surface area contributed by atoms with Crippen molar-refractivity contribution in [2.75, 3.05) is 47.8 Å². The van der Waals surface area contributed by atoms with Crippen LogP contribution in [0.5, 0.6) is 0 Å². The van der Waals surface area contributed by atoms with Crippen molar-refractivity contribution in [1.82, 2.24) is 15.0 Å². The molecule has 2 rings (SSSR count). The van der Waals surface area contributed by atoms with Gasteiger partial charge in [0.05, 0.1) is 0 Å². The first kappa shape index (κ1) is 15.8. The minimum atomic E-state index is 0.334. The highest BCUT2D eigenvalue weighted by molar-refractivity contribution is 5.46. The fourth-order valence-electron chi connectivity index (χ4n) is 2.66. The standard InChI is InChI=1S/C15H28N6/c1-6-16-12-17-13(20(7-2)8-3)19-14(18-12)21-10-9-15(4,5)11-21/h6-11H2,1-5H3,(H,16,17,18,19). The molecule has 1 N–H and O–H groups in total. The number of nitrogens with zero attached hydrogens (tertiary/aromatic N) is 5. The maximum atomic E-state index is 4.69. The Morgan fingerprint density at radius 3 is 2.38 bits per heavy atom. The maximum Gasteiger partial charge on any atom is 0.231 e. The van der Waals surface area contributed by atoms with Crippen molar-refractivity contribution in [3.8, 4) is 0 Å². The molecule has 0 saturated carbocycles. The Balaban J connectivity index is 2.31. The third-order valence-corrected chi connectivity index (χ3v) is 3.95. The number of hydrogen-bond donors (Lipinski definition) is 1. The number of anilines is 3. The minimum Gasteiger partial charge on any atom is -0.354 e. The molecule has 1 aliphatic rings. The second-order valence-corrected chi connectivity index (χ2v) is 6.30. The lowest BCUT2D eigenvalue weighted by Gasteiger charge is -2.23. The van der Waals surface area contributed by atoms with Gasteiger partial charge in [-0.05, 0) is 32.6 Å². The number of aromatic nitrogens is 3. The van der Waals surface area contributed by atoms with Gasteiger partial charge in [0.15, 0.2) is 0 Å². The molecular weight excluding hydrogens is 264 g/mol. The van der Waals surface area contributed by atoms with Crippen LogP contribution in [-0.2, 0) is 0 Å². The van der Waals surface area contributed by atoms with E-state index in [0.29, 0.717) is 11.4 Å². The molecule has 0 aromatic carbocycles. The van der Waals surface area contributed by atoms with Gasteiger partial charge >= 0.3 is 0 Å². The van der Waals surface area contributed by atoms with Crippen LogP contribution >= 0.6 is 0 Å². The van der Waals surface area contributed by atoms with Crippen LogP contribution in [0.4, 0.5) is 17.8 Å². The third kappa shape index (κ3) is 3.74. The molecule has 0 bridgehead atoms. The summed E-state index contributed by atoms with van der Waals surface area (Å²) in [7, 11) is 0. The average molecular weight is 292 g/mol. The Labute approximate surface area is 128 Å². The van der Waals surface area contributed by atoms with Crippen LogP contribution in [0.1, 0.15) is 41.0 Å². The summed E-state index contributed by atoms with van der Waals surface area (Å²) in [5.74, 6) is 2.24. The SMILES string of the molecule is CCNc1nc(N(CC)CC)nc(N2CCC(C)(C)C2)n1. The molecule has 118 valence electrons. The van der Waals surface area contributed by atoms with E-state index in [2.05, 4.69) is 59.7 Å². The van der Waals surface area contributed by atoms with E-state index in [1.807, 2.05) is 0 Å². The molecule has 6 heteroatoms. The van der Waals surface area contributed by atoms with Gasteiger partial charge in [0.1, 0.15) is 0 Å². The maximum absolute atomic E-state index is 4.69. The van der Waals surface area contributed by atoms with Crippen molar-refractivity contribution in [3.05, 3.63) is 0 Å². The van der Waals surface area contributed by atoms with E-state index < -0.39 is 0 Å². The van der Waals surface area contributed by atoms with E-state index in [9.17, 15) is 0 Å². The van der Waals surface area contributed by atoms with E-state index >= 15 is 0 Å². The van der Waals surface area contributed by atoms with Crippen molar-refractivity contribution >= 4 is 17.8 Å². The predicted octanol–water partition coefficient (Wildman–Crippen LogP) is 2.39. The predicted molar refractivity (Wildman–Crippen MR) is 88.2 cm³/mol. The first-order valence-corrected chi connectivity index (χ1v) is 7.99. The Bertz CT molecular complexity index is 469. The Hall–Kier alpha value is -1.59. The monoisotopic (exact) mass is 292 g/mol. The van der Waals surface area contributed by atoms with E-state index in [-0.39, 0.29) is 0 Å². The summed E-state index contributed by atoms with van der Waals surface area (Å²) in [5, 5.41) is 3.22. The highest BCUT2D eigenvalue weighted by Gasteiger charge is 2.31. The number of rotatable bonds is 6. The molecule has 1 aromatic heterocycles. The molecule has 1 saturated heterocycles. The zero-order valence-electron chi connectivity index (χ0n) is 14.0. The van der Waals surface area contributed by atoms with Crippen LogP contribution in [0, 0.1) is 5.41 Å². The van der Waals surface area contributed by atoms with E-state index in [0.717, 1.165) is 44.6 Å². The van der Waals surface area contributed by atoms with Crippen LogP contribution < -0.4 is 15.1 Å². The largest absolute Gasteiger partial charge is 0.354 e. The highest BCUT2D eigenvalue weighted by atomic mass is 15.4. The van der Waals surface area contributed by atoms with Crippen LogP contribution in [0.25, 0.3) is 0 Å². The fraction of sp³-hybridized carbons (Fsp3) is 0.800. The second-order valence-electron chi connectivity index (χ2n) is 6.30. The first-order valence-electron chi connectivity index (χ1n) is 7.99. The molecule has 21 heavy (non-hydrogen) atoms. The molecule has 0 unspecified atom stereocenters. The Morgan fingerprint density at radius 2 is 1.86 bits per heavy atom. The van der Waals surface area contributed by atoms with Crippen molar-refractivity contribution in [3.63, 3.8) is 0 Å². The summed E-state index contributed by atoms with van der Waals surface area (Å²) in [6, 6.07) is 0. The molecule has 6 nitrogen and oxygen atoms in total. The van der Waals surface area contributed by atoms with Gasteiger partial charge in [0.2, 0.25) is 17.8 Å². The molecule has 0 radical (unpaired) electrons. The van der Waals surface area contributed by atoms with E-state index in [1.165, 1.54) is 6.42 Å². The van der Waals surface area contributed by atoms with Crippen LogP contribution in [-0.4, -0.2) is 47.7 Å². The van der Waals surface area contributed by atoms with Gasteiger partial charge in [-0.3, -0.25) is 0 Å². The Morgan fingerprint density at radius 1 is 1.14 bits per heavy atom. The van der Waals surface area contributed by atoms with E-state index in [1.54, 1.807) is 0 Å². The summed E-state index contributed by atoms with van der Waals surface area (Å²) in [6.07, 6.45) is 1.18. The van der Waals surface area contributed by atoms with Crippen molar-refractivity contribution < 1.29 is 0 Å². The summed E-state index contributed by atoms with van der Waals surface area (Å²) < 4.78 is 0. The van der Waals surface area contributed by atoms with Gasteiger partial charge < -0.3 is 15.1 Å². The van der Waals surface area contributed by atoms with Crippen LogP contribution in [0.15, 0.2) is 0 Å². The smallest absolute Gasteiger partial charge is 0.231 e. The van der Waals surface area contributed by atoms with Crippen molar-refractivity contribution in [1.29, 1.82) is 0 Å². The molecule has 0 atom stereocenters. The summed E-state index contributed by atoms with van der Waals surface area (Å²) >= 11 is 0. The summed E-state index contributed by atoms with van der Waals surface area (Å²) in [4.78, 5) is 18.3. The lowest BCUT2D eigenvalue weighted by atomic mass is 9.93. The second kappa shape index (κ2) is 6.45. The fourth-order valence-corrected chi connectivity index (χ4v) is 2.66. The van der Waals surface area contributed by atoms with Gasteiger partial charge in [-0.2, -0.15) is 15.0 Å². The molecule has 2 heterocycles. The lowest BCUT2D eigenvalue weighted by Crippen LogP contribution is -2.29. The summed E-state index contributed by atoms with van der Waals surface area (Å²) in [6.45, 7) is 15.5. The molecule has 1 fully saturated rings. The Kier molecular flexibility index (Phi) is 4.85. The molecule has 0 amide bonds. The van der Waals surface area contributed by atoms with Crippen LogP contribution in [0.2, 0.25) is 0 Å². The summed E-state index contributed by atoms with van der Waals surface area (Å²) in [5.41, 5.74) is 0.334. The van der Waals surface area contributed by atoms with Crippen molar-refractivity contribution in [2.45, 2.75) is 41.0 Å². The van der Waals surface area contributed by atoms with Gasteiger partial charge in [0, 0.05) is 32.7 Å². The van der Waals surface area contributed by atoms with Gasteiger partial charge in [-0.1, -0.05) is 13.8 Å². The lowest BCUT2D eigenvalue weighted by molar-refractivity contribution is 0.418. The minimum absolute atomic E-state index is 0.334. The molecule has 0 spiro atoms. The first-order chi connectivity index (χ1) is 9.99. The van der Waals surface area contributed by atoms with Gasteiger partial charge in [0.25, 0.3) is 0 Å². The zero-order chi connectivity index (χ0) is 15.5. The topological polar surface area (TPSA) is 57.2 Å². The van der Waals surface area contributed by atoms with Gasteiger partial charge in [-0.15, -0.1) is 0 Å². The van der Waals surface area contributed by atoms with Crippen molar-refractivity contribution in [2.24, 2.45) is 5.41 Å². The molecule has 0 aliphatic carbocycles. The quantitative estimate of drug-likeness (QED) is 0.869. The van der Waals surface area contributed by atoms with Gasteiger partial charge in [-0.25, -0.2) is 0 Å². The normalized spacial score (nSPS) is 17.1. The number of hydrogen-bond acceptors (Lipinski definition) is 6. The number of nitrogens with one attached hydrogen (secondary N) is 1. The zero-order valence-corrected chi connectivity index (χ0v) is 14.0. The highest BCUT2D eigenvalue weighted by Crippen LogP contribution is 2.31. The molecular formula is C15H28N6. The third-order valence-electron chi connectivity index (χ3n) is 3.95. The van der Waals surface area contributed by atoms with Crippen LogP contribution in [0.3, 0.4) is 0 Å². The van der Waals surface area contributed by atoms with E-state index in [4.69, 9.17) is 4.98 Å². The molecule has 1 aromatic rings. The average Bonchev–Trinajstić information content (AvgIpc) is 2.81. The molecule has 1 aliphatic heterocycles.